The maximum absolute atomic E-state index is 12.9. The van der Waals surface area contributed by atoms with Gasteiger partial charge in [-0.3, -0.25) is 9.59 Å². The van der Waals surface area contributed by atoms with Crippen LogP contribution < -0.4 is 10.6 Å². The number of hydrogen-bond donors (Lipinski definition) is 2. The normalized spacial score (nSPS) is 19.1. The molecule has 1 aromatic rings. The number of carbonyl (C=O) groups excluding carboxylic acids is 2. The fraction of sp³-hybridized carbons (Fsp3) is 0.385. The van der Waals surface area contributed by atoms with E-state index < -0.39 is 6.04 Å². The second-order valence-corrected chi connectivity index (χ2v) is 4.34. The highest BCUT2D eigenvalue weighted by Crippen LogP contribution is 2.11. The first kappa shape index (κ1) is 13.5. The van der Waals surface area contributed by atoms with E-state index in [1.54, 1.807) is 0 Å². The Labute approximate surface area is 110 Å². The van der Waals surface area contributed by atoms with Crippen molar-refractivity contribution in [3.63, 3.8) is 0 Å². The first-order chi connectivity index (χ1) is 9.13. The van der Waals surface area contributed by atoms with Gasteiger partial charge in [-0.15, -0.1) is 0 Å². The van der Waals surface area contributed by atoms with Gasteiger partial charge in [-0.2, -0.15) is 0 Å². The van der Waals surface area contributed by atoms with Crippen LogP contribution in [0, 0.1) is 5.82 Å². The molecule has 0 aliphatic carbocycles. The molecule has 0 aromatic heterocycles. The van der Waals surface area contributed by atoms with Crippen LogP contribution >= 0.6 is 0 Å². The Bertz CT molecular complexity index is 475. The molecule has 19 heavy (non-hydrogen) atoms. The van der Waals surface area contributed by atoms with Gasteiger partial charge >= 0.3 is 0 Å². The Balaban J connectivity index is 2.20. The molecule has 5 nitrogen and oxygen atoms in total. The third-order valence-electron chi connectivity index (χ3n) is 3.14. The maximum atomic E-state index is 12.9. The van der Waals surface area contributed by atoms with Crippen LogP contribution in [0.1, 0.15) is 10.4 Å². The number of halogens is 1. The van der Waals surface area contributed by atoms with Gasteiger partial charge in [-0.1, -0.05) is 0 Å². The lowest BCUT2D eigenvalue weighted by atomic mass is 10.1. The summed E-state index contributed by atoms with van der Waals surface area (Å²) in [6.45, 7) is 1.52. The van der Waals surface area contributed by atoms with Crippen molar-refractivity contribution >= 4 is 11.8 Å². The third-order valence-corrected chi connectivity index (χ3v) is 3.14. The topological polar surface area (TPSA) is 61.4 Å². The van der Waals surface area contributed by atoms with Crippen LogP contribution in [0.5, 0.6) is 0 Å². The van der Waals surface area contributed by atoms with Gasteiger partial charge in [0.15, 0.2) is 0 Å². The van der Waals surface area contributed by atoms with Crippen LogP contribution in [0.25, 0.3) is 0 Å². The van der Waals surface area contributed by atoms with E-state index in [0.29, 0.717) is 25.2 Å². The molecule has 1 aliphatic rings. The molecule has 1 saturated heterocycles. The minimum absolute atomic E-state index is 0.206. The van der Waals surface area contributed by atoms with Gasteiger partial charge in [0, 0.05) is 32.2 Å². The minimum Gasteiger partial charge on any atom is -0.357 e. The zero-order valence-electron chi connectivity index (χ0n) is 10.6. The minimum atomic E-state index is -0.531. The van der Waals surface area contributed by atoms with Gasteiger partial charge in [0.1, 0.15) is 11.9 Å². The number of nitrogens with zero attached hydrogens (tertiary/aromatic N) is 1. The number of hydrogen-bond acceptors (Lipinski definition) is 3. The van der Waals surface area contributed by atoms with Crippen LogP contribution in [0.15, 0.2) is 24.3 Å². The molecule has 6 heteroatoms. The Kier molecular flexibility index (Phi) is 4.11. The Morgan fingerprint density at radius 2 is 2.05 bits per heavy atom. The monoisotopic (exact) mass is 265 g/mol. The molecule has 1 heterocycles. The number of carbonyl (C=O) groups is 2. The summed E-state index contributed by atoms with van der Waals surface area (Å²) in [7, 11) is 1.54. The van der Waals surface area contributed by atoms with Gasteiger partial charge in [0.2, 0.25) is 5.91 Å². The number of piperazine rings is 1. The zero-order valence-corrected chi connectivity index (χ0v) is 10.6. The molecule has 1 atom stereocenters. The van der Waals surface area contributed by atoms with Crippen LogP contribution in [0.2, 0.25) is 0 Å². The quantitative estimate of drug-likeness (QED) is 0.790. The van der Waals surface area contributed by atoms with Crippen molar-refractivity contribution in [2.45, 2.75) is 6.04 Å². The van der Waals surface area contributed by atoms with Crippen LogP contribution in [0.4, 0.5) is 4.39 Å². The standard InChI is InChI=1S/C13H16FN3O2/c1-15-12(18)11-8-16-6-7-17(11)13(19)9-2-4-10(14)5-3-9/h2-5,11,16H,6-8H2,1H3,(H,15,18). The van der Waals surface area contributed by atoms with Crippen LogP contribution in [0.3, 0.4) is 0 Å². The number of rotatable bonds is 2. The first-order valence-electron chi connectivity index (χ1n) is 6.12. The van der Waals surface area contributed by atoms with E-state index in [1.807, 2.05) is 0 Å². The van der Waals surface area contributed by atoms with Gasteiger partial charge in [0.05, 0.1) is 0 Å². The Morgan fingerprint density at radius 1 is 1.37 bits per heavy atom. The predicted octanol–water partition coefficient (Wildman–Crippen LogP) is -0.0143. The molecule has 102 valence electrons. The lowest BCUT2D eigenvalue weighted by molar-refractivity contribution is -0.125. The molecule has 0 bridgehead atoms. The largest absolute Gasteiger partial charge is 0.357 e. The smallest absolute Gasteiger partial charge is 0.254 e. The molecule has 2 N–H and O–H groups in total. The molecule has 0 spiro atoms. The third kappa shape index (κ3) is 2.90. The van der Waals surface area contributed by atoms with Gasteiger partial charge < -0.3 is 15.5 Å². The van der Waals surface area contributed by atoms with E-state index in [4.69, 9.17) is 0 Å². The predicted molar refractivity (Wildman–Crippen MR) is 68.2 cm³/mol. The molecule has 0 radical (unpaired) electrons. The van der Waals surface area contributed by atoms with E-state index in [1.165, 1.54) is 36.2 Å². The summed E-state index contributed by atoms with van der Waals surface area (Å²) in [4.78, 5) is 25.6. The molecule has 2 rings (SSSR count). The van der Waals surface area contributed by atoms with E-state index in [0.717, 1.165) is 0 Å². The summed E-state index contributed by atoms with van der Waals surface area (Å²) in [6, 6.07) is 4.81. The molecule has 1 fully saturated rings. The molecule has 1 aromatic carbocycles. The van der Waals surface area contributed by atoms with Crippen molar-refractivity contribution < 1.29 is 14.0 Å². The average Bonchev–Trinajstić information content (AvgIpc) is 2.46. The fourth-order valence-electron chi connectivity index (χ4n) is 2.11. The molecular formula is C13H16FN3O2. The van der Waals surface area contributed by atoms with Crippen LogP contribution in [-0.4, -0.2) is 49.4 Å². The highest BCUT2D eigenvalue weighted by atomic mass is 19.1. The summed E-state index contributed by atoms with van der Waals surface area (Å²) in [5.41, 5.74) is 0.386. The van der Waals surface area contributed by atoms with E-state index in [9.17, 15) is 14.0 Å². The summed E-state index contributed by atoms with van der Waals surface area (Å²) < 4.78 is 12.9. The van der Waals surface area contributed by atoms with Gasteiger partial charge in [0.25, 0.3) is 5.91 Å². The van der Waals surface area contributed by atoms with Crippen molar-refractivity contribution in [2.24, 2.45) is 0 Å². The second-order valence-electron chi connectivity index (χ2n) is 4.34. The van der Waals surface area contributed by atoms with E-state index in [-0.39, 0.29) is 17.6 Å². The van der Waals surface area contributed by atoms with Crippen molar-refractivity contribution in [3.8, 4) is 0 Å². The SMILES string of the molecule is CNC(=O)C1CNCCN1C(=O)c1ccc(F)cc1. The highest BCUT2D eigenvalue weighted by molar-refractivity contribution is 5.97. The zero-order chi connectivity index (χ0) is 13.8. The van der Waals surface area contributed by atoms with Gasteiger partial charge in [-0.05, 0) is 24.3 Å². The first-order valence-corrected chi connectivity index (χ1v) is 6.12. The van der Waals surface area contributed by atoms with Crippen molar-refractivity contribution in [1.82, 2.24) is 15.5 Å². The summed E-state index contributed by atoms with van der Waals surface area (Å²) in [5, 5.41) is 5.63. The molecular weight excluding hydrogens is 249 g/mol. The van der Waals surface area contributed by atoms with E-state index in [2.05, 4.69) is 10.6 Å². The van der Waals surface area contributed by atoms with Crippen molar-refractivity contribution in [1.29, 1.82) is 0 Å². The van der Waals surface area contributed by atoms with Crippen molar-refractivity contribution in [2.75, 3.05) is 26.7 Å². The lowest BCUT2D eigenvalue weighted by Crippen LogP contribution is -2.59. The number of amides is 2. The highest BCUT2D eigenvalue weighted by Gasteiger charge is 2.31. The lowest BCUT2D eigenvalue weighted by Gasteiger charge is -2.35. The second kappa shape index (κ2) is 5.79. The summed E-state index contributed by atoms with van der Waals surface area (Å²) >= 11 is 0. The Morgan fingerprint density at radius 3 is 2.68 bits per heavy atom. The Hall–Kier alpha value is -1.95. The van der Waals surface area contributed by atoms with Crippen molar-refractivity contribution in [3.05, 3.63) is 35.6 Å². The number of benzene rings is 1. The molecule has 0 saturated carbocycles. The number of likely N-dealkylation sites (N-methyl/N-ethyl adjacent to an activating group) is 1. The molecule has 1 aliphatic heterocycles. The number of nitrogens with one attached hydrogen (secondary N) is 2. The van der Waals surface area contributed by atoms with Crippen LogP contribution in [-0.2, 0) is 4.79 Å². The van der Waals surface area contributed by atoms with E-state index >= 15 is 0 Å². The summed E-state index contributed by atoms with van der Waals surface area (Å²) in [6.07, 6.45) is 0. The average molecular weight is 265 g/mol. The van der Waals surface area contributed by atoms with Gasteiger partial charge in [-0.25, -0.2) is 4.39 Å². The summed E-state index contributed by atoms with van der Waals surface area (Å²) in [5.74, 6) is -0.850. The fourth-order valence-corrected chi connectivity index (χ4v) is 2.11. The maximum Gasteiger partial charge on any atom is 0.254 e. The molecule has 1 unspecified atom stereocenters. The molecule has 2 amide bonds.